The first-order chi connectivity index (χ1) is 16.5. The number of aromatic nitrogens is 2. The summed E-state index contributed by atoms with van der Waals surface area (Å²) >= 11 is 7.07. The number of ether oxygens (including phenoxy) is 1. The number of rotatable bonds is 9. The number of nitrogens with zero attached hydrogens (tertiary/aromatic N) is 2. The highest BCUT2D eigenvalue weighted by Crippen LogP contribution is 2.21. The molecule has 7 nitrogen and oxygen atoms in total. The fraction of sp³-hybridized carbons (Fsp3) is 0.280. The Hall–Kier alpha value is -2.94. The van der Waals surface area contributed by atoms with Crippen molar-refractivity contribution in [3.63, 3.8) is 0 Å². The molecule has 0 unspecified atom stereocenters. The van der Waals surface area contributed by atoms with E-state index in [9.17, 15) is 14.4 Å². The maximum absolute atomic E-state index is 13.1. The van der Waals surface area contributed by atoms with Gasteiger partial charge in [-0.05, 0) is 55.3 Å². The van der Waals surface area contributed by atoms with Crippen LogP contribution >= 0.6 is 23.4 Å². The Morgan fingerprint density at radius 1 is 1.24 bits per heavy atom. The van der Waals surface area contributed by atoms with Crippen molar-refractivity contribution in [1.29, 1.82) is 0 Å². The molecule has 1 fully saturated rings. The van der Waals surface area contributed by atoms with Crippen molar-refractivity contribution in [2.24, 2.45) is 0 Å². The molecule has 0 spiro atoms. The molecule has 2 heterocycles. The molecule has 2 aromatic carbocycles. The molecule has 0 bridgehead atoms. The van der Waals surface area contributed by atoms with Gasteiger partial charge in [-0.3, -0.25) is 19.0 Å². The SMILES string of the molecule is C=CCn1c(SCC(=O)c2ccc(Cl)cc2)nc2cc(C(=O)NC[C@@H]3CCCO3)ccc2c1=O. The number of carbonyl (C=O) groups is 2. The van der Waals surface area contributed by atoms with E-state index in [2.05, 4.69) is 16.9 Å². The molecule has 3 aromatic rings. The number of halogens is 1. The average Bonchev–Trinajstić information content (AvgIpc) is 3.37. The molecule has 1 saturated heterocycles. The molecule has 176 valence electrons. The highest BCUT2D eigenvalue weighted by atomic mass is 35.5. The number of allylic oxidation sites excluding steroid dienone is 1. The second-order valence-corrected chi connectivity index (χ2v) is 9.27. The van der Waals surface area contributed by atoms with Gasteiger partial charge in [0.05, 0.1) is 22.8 Å². The lowest BCUT2D eigenvalue weighted by molar-refractivity contribution is 0.0857. The van der Waals surface area contributed by atoms with Crippen molar-refractivity contribution in [1.82, 2.24) is 14.9 Å². The number of amides is 1. The number of benzene rings is 2. The monoisotopic (exact) mass is 497 g/mol. The molecule has 0 saturated carbocycles. The summed E-state index contributed by atoms with van der Waals surface area (Å²) < 4.78 is 7.02. The van der Waals surface area contributed by atoms with Gasteiger partial charge < -0.3 is 10.1 Å². The molecule has 0 aliphatic carbocycles. The molecule has 1 N–H and O–H groups in total. The normalized spacial score (nSPS) is 15.4. The lowest BCUT2D eigenvalue weighted by atomic mass is 10.1. The number of thioether (sulfide) groups is 1. The predicted octanol–water partition coefficient (Wildman–Crippen LogP) is 4.12. The van der Waals surface area contributed by atoms with Gasteiger partial charge in [-0.25, -0.2) is 4.98 Å². The van der Waals surface area contributed by atoms with Gasteiger partial charge in [0.2, 0.25) is 0 Å². The maximum atomic E-state index is 13.1. The number of hydrogen-bond acceptors (Lipinski definition) is 6. The van der Waals surface area contributed by atoms with Crippen LogP contribution in [-0.2, 0) is 11.3 Å². The summed E-state index contributed by atoms with van der Waals surface area (Å²) in [6, 6.07) is 11.5. The third-order valence-electron chi connectivity index (χ3n) is 5.51. The van der Waals surface area contributed by atoms with Crippen LogP contribution in [0.3, 0.4) is 0 Å². The van der Waals surface area contributed by atoms with Gasteiger partial charge in [-0.1, -0.05) is 29.4 Å². The van der Waals surface area contributed by atoms with E-state index in [1.165, 1.54) is 16.3 Å². The van der Waals surface area contributed by atoms with Crippen molar-refractivity contribution in [2.45, 2.75) is 30.6 Å². The number of carbonyl (C=O) groups excluding carboxylic acids is 2. The van der Waals surface area contributed by atoms with Gasteiger partial charge >= 0.3 is 0 Å². The zero-order chi connectivity index (χ0) is 24.1. The standard InChI is InChI=1S/C25H24ClN3O4S/c1-2-11-29-24(32)20-10-7-17(23(31)27-14-19-4-3-12-33-19)13-21(20)28-25(29)34-15-22(30)16-5-8-18(26)9-6-16/h2,5-10,13,19H,1,3-4,11-12,14-15H2,(H,27,31)/t19-/m0/s1. The van der Waals surface area contributed by atoms with Gasteiger partial charge in [0.1, 0.15) is 0 Å². The molecular weight excluding hydrogens is 474 g/mol. The summed E-state index contributed by atoms with van der Waals surface area (Å²) in [6.07, 6.45) is 3.57. The second-order valence-electron chi connectivity index (χ2n) is 7.89. The fourth-order valence-electron chi connectivity index (χ4n) is 3.71. The van der Waals surface area contributed by atoms with Crippen molar-refractivity contribution in [3.05, 3.63) is 81.6 Å². The van der Waals surface area contributed by atoms with Crippen LogP contribution in [0, 0.1) is 0 Å². The molecule has 1 amide bonds. The van der Waals surface area contributed by atoms with E-state index in [1.807, 2.05) is 0 Å². The van der Waals surface area contributed by atoms with Crippen LogP contribution in [0.15, 0.2) is 65.1 Å². The van der Waals surface area contributed by atoms with Crippen LogP contribution in [0.2, 0.25) is 5.02 Å². The molecule has 0 radical (unpaired) electrons. The number of fused-ring (bicyclic) bond motifs is 1. The maximum Gasteiger partial charge on any atom is 0.262 e. The molecular formula is C25H24ClN3O4S. The van der Waals surface area contributed by atoms with Gasteiger partial charge in [0.15, 0.2) is 10.9 Å². The Labute approximate surface area is 206 Å². The molecule has 1 aliphatic heterocycles. The first kappa shape index (κ1) is 24.2. The summed E-state index contributed by atoms with van der Waals surface area (Å²) in [6.45, 7) is 5.14. The number of ketones is 1. The first-order valence-corrected chi connectivity index (χ1v) is 12.3. The average molecular weight is 498 g/mol. The van der Waals surface area contributed by atoms with Crippen LogP contribution in [0.4, 0.5) is 0 Å². The Morgan fingerprint density at radius 2 is 2.00 bits per heavy atom. The molecule has 9 heteroatoms. The summed E-state index contributed by atoms with van der Waals surface area (Å²) in [4.78, 5) is 43.0. The summed E-state index contributed by atoms with van der Waals surface area (Å²) in [5.74, 6) is -0.261. The molecule has 1 atom stereocenters. The molecule has 1 aliphatic rings. The van der Waals surface area contributed by atoms with Crippen molar-refractivity contribution in [2.75, 3.05) is 18.9 Å². The summed E-state index contributed by atoms with van der Waals surface area (Å²) in [5.41, 5.74) is 1.08. The fourth-order valence-corrected chi connectivity index (χ4v) is 4.73. The third kappa shape index (κ3) is 5.58. The quantitative estimate of drug-likeness (QED) is 0.207. The molecule has 4 rings (SSSR count). The Balaban J connectivity index is 1.57. The smallest absolute Gasteiger partial charge is 0.262 e. The van der Waals surface area contributed by atoms with Gasteiger partial charge in [-0.2, -0.15) is 0 Å². The van der Waals surface area contributed by atoms with E-state index in [1.54, 1.807) is 48.5 Å². The van der Waals surface area contributed by atoms with Crippen LogP contribution in [-0.4, -0.2) is 46.2 Å². The Morgan fingerprint density at radius 3 is 2.71 bits per heavy atom. The lowest BCUT2D eigenvalue weighted by Crippen LogP contribution is -2.31. The Kier molecular flexibility index (Phi) is 7.82. The summed E-state index contributed by atoms with van der Waals surface area (Å²) in [5, 5.41) is 4.21. The van der Waals surface area contributed by atoms with E-state index in [-0.39, 0.29) is 35.7 Å². The third-order valence-corrected chi connectivity index (χ3v) is 6.74. The number of nitrogens with one attached hydrogen (secondary N) is 1. The van der Waals surface area contributed by atoms with Crippen LogP contribution in [0.5, 0.6) is 0 Å². The highest BCUT2D eigenvalue weighted by Gasteiger charge is 2.18. The first-order valence-electron chi connectivity index (χ1n) is 10.9. The van der Waals surface area contributed by atoms with Crippen LogP contribution in [0.1, 0.15) is 33.6 Å². The van der Waals surface area contributed by atoms with Crippen molar-refractivity contribution in [3.8, 4) is 0 Å². The minimum Gasteiger partial charge on any atom is -0.376 e. The zero-order valence-corrected chi connectivity index (χ0v) is 20.0. The molecule has 34 heavy (non-hydrogen) atoms. The van der Waals surface area contributed by atoms with Crippen molar-refractivity contribution < 1.29 is 14.3 Å². The number of Topliss-reactive ketones (excluding diaryl/α,β-unsaturated/α-hetero) is 1. The lowest BCUT2D eigenvalue weighted by Gasteiger charge is -2.13. The van der Waals surface area contributed by atoms with Gasteiger partial charge in [0.25, 0.3) is 11.5 Å². The minimum absolute atomic E-state index is 0.0369. The van der Waals surface area contributed by atoms with Crippen molar-refractivity contribution >= 4 is 46.0 Å². The largest absolute Gasteiger partial charge is 0.376 e. The van der Waals surface area contributed by atoms with E-state index in [4.69, 9.17) is 16.3 Å². The van der Waals surface area contributed by atoms with E-state index in [0.717, 1.165) is 19.4 Å². The zero-order valence-electron chi connectivity index (χ0n) is 18.5. The predicted molar refractivity (Wildman–Crippen MR) is 134 cm³/mol. The van der Waals surface area contributed by atoms with Gasteiger partial charge in [0, 0.05) is 35.8 Å². The minimum atomic E-state index is -0.252. The van der Waals surface area contributed by atoms with Crippen LogP contribution in [0.25, 0.3) is 10.9 Å². The summed E-state index contributed by atoms with van der Waals surface area (Å²) in [7, 11) is 0. The molecule has 1 aromatic heterocycles. The topological polar surface area (TPSA) is 90.3 Å². The van der Waals surface area contributed by atoms with Gasteiger partial charge in [-0.15, -0.1) is 6.58 Å². The van der Waals surface area contributed by atoms with Crippen LogP contribution < -0.4 is 10.9 Å². The second kappa shape index (κ2) is 11.0. The van der Waals surface area contributed by atoms with E-state index in [0.29, 0.717) is 38.8 Å². The van der Waals surface area contributed by atoms with E-state index < -0.39 is 0 Å². The Bertz CT molecular complexity index is 1280. The number of hydrogen-bond donors (Lipinski definition) is 1. The highest BCUT2D eigenvalue weighted by molar-refractivity contribution is 7.99. The van der Waals surface area contributed by atoms with E-state index >= 15 is 0 Å².